The third-order valence-electron chi connectivity index (χ3n) is 3.38. The van der Waals surface area contributed by atoms with Crippen LogP contribution in [0.4, 0.5) is 0 Å². The fraction of sp³-hybridized carbons (Fsp3) is 0.0588. The zero-order valence-corrected chi connectivity index (χ0v) is 10.2. The molecule has 0 amide bonds. The molecule has 0 aliphatic carbocycles. The molecule has 0 aliphatic rings. The van der Waals surface area contributed by atoms with Gasteiger partial charge in [-0.15, -0.1) is 0 Å². The first-order valence-electron chi connectivity index (χ1n) is 6.03. The summed E-state index contributed by atoms with van der Waals surface area (Å²) in [6, 6.07) is 20.0. The summed E-state index contributed by atoms with van der Waals surface area (Å²) in [7, 11) is 0. The molecule has 0 heterocycles. The van der Waals surface area contributed by atoms with Crippen molar-refractivity contribution in [1.29, 1.82) is 0 Å². The quantitative estimate of drug-likeness (QED) is 0.656. The molecule has 0 spiro atoms. The molecular weight excluding hydrogens is 220 g/mol. The minimum Gasteiger partial charge on any atom is -0.508 e. The Morgan fingerprint density at radius 1 is 0.778 bits per heavy atom. The average Bonchev–Trinajstić information content (AvgIpc) is 2.41. The van der Waals surface area contributed by atoms with Crippen molar-refractivity contribution in [3.8, 4) is 16.9 Å². The minimum atomic E-state index is 0.303. The maximum Gasteiger partial charge on any atom is 0.115 e. The zero-order chi connectivity index (χ0) is 12.5. The number of fused-ring (bicyclic) bond motifs is 1. The molecule has 0 saturated heterocycles. The average molecular weight is 234 g/mol. The van der Waals surface area contributed by atoms with Gasteiger partial charge in [0.2, 0.25) is 0 Å². The number of aryl methyl sites for hydroxylation is 1. The van der Waals surface area contributed by atoms with Crippen LogP contribution in [-0.2, 0) is 0 Å². The van der Waals surface area contributed by atoms with Gasteiger partial charge in [0.05, 0.1) is 0 Å². The summed E-state index contributed by atoms with van der Waals surface area (Å²) in [4.78, 5) is 0. The Morgan fingerprint density at radius 3 is 2.28 bits per heavy atom. The number of hydrogen-bond acceptors (Lipinski definition) is 1. The molecule has 1 N–H and O–H groups in total. The van der Waals surface area contributed by atoms with Crippen LogP contribution in [0.15, 0.2) is 60.7 Å². The normalized spacial score (nSPS) is 10.7. The molecule has 0 aromatic heterocycles. The second kappa shape index (κ2) is 4.19. The lowest BCUT2D eigenvalue weighted by Crippen LogP contribution is -1.85. The summed E-state index contributed by atoms with van der Waals surface area (Å²) < 4.78 is 0. The number of benzene rings is 3. The van der Waals surface area contributed by atoms with E-state index in [0.29, 0.717) is 5.75 Å². The summed E-state index contributed by atoms with van der Waals surface area (Å²) in [5.74, 6) is 0.303. The van der Waals surface area contributed by atoms with E-state index in [2.05, 4.69) is 43.3 Å². The second-order valence-corrected chi connectivity index (χ2v) is 4.51. The Balaban J connectivity index is 2.24. The van der Waals surface area contributed by atoms with Crippen LogP contribution >= 0.6 is 0 Å². The van der Waals surface area contributed by atoms with Gasteiger partial charge >= 0.3 is 0 Å². The van der Waals surface area contributed by atoms with E-state index >= 15 is 0 Å². The van der Waals surface area contributed by atoms with Crippen LogP contribution < -0.4 is 0 Å². The lowest BCUT2D eigenvalue weighted by Gasteiger charge is -2.09. The lowest BCUT2D eigenvalue weighted by atomic mass is 9.95. The fourth-order valence-corrected chi connectivity index (χ4v) is 2.38. The Morgan fingerprint density at radius 2 is 1.50 bits per heavy atom. The highest BCUT2D eigenvalue weighted by molar-refractivity contribution is 5.91. The monoisotopic (exact) mass is 234 g/mol. The minimum absolute atomic E-state index is 0.303. The van der Waals surface area contributed by atoms with Crippen molar-refractivity contribution in [1.82, 2.24) is 0 Å². The summed E-state index contributed by atoms with van der Waals surface area (Å²) >= 11 is 0. The van der Waals surface area contributed by atoms with E-state index in [0.717, 1.165) is 5.56 Å². The molecule has 0 atom stereocenters. The molecule has 0 unspecified atom stereocenters. The highest BCUT2D eigenvalue weighted by Gasteiger charge is 2.05. The molecule has 1 heteroatoms. The molecule has 0 radical (unpaired) electrons. The Hall–Kier alpha value is -2.28. The smallest absolute Gasteiger partial charge is 0.115 e. The molecular formula is C17H14O. The van der Waals surface area contributed by atoms with Crippen LogP contribution in [0.1, 0.15) is 5.56 Å². The molecule has 3 rings (SSSR count). The molecule has 18 heavy (non-hydrogen) atoms. The molecule has 1 nitrogen and oxygen atoms in total. The van der Waals surface area contributed by atoms with Gasteiger partial charge in [0.25, 0.3) is 0 Å². The van der Waals surface area contributed by atoms with Crippen LogP contribution in [0.3, 0.4) is 0 Å². The molecule has 0 bridgehead atoms. The van der Waals surface area contributed by atoms with E-state index in [9.17, 15) is 5.11 Å². The summed E-state index contributed by atoms with van der Waals surface area (Å²) in [6.45, 7) is 2.14. The van der Waals surface area contributed by atoms with Crippen molar-refractivity contribution in [2.45, 2.75) is 6.92 Å². The number of phenolic OH excluding ortho intramolecular Hbond substituents is 1. The molecule has 0 saturated carbocycles. The maximum absolute atomic E-state index is 9.34. The maximum atomic E-state index is 9.34. The first-order chi connectivity index (χ1) is 8.75. The number of phenols is 1. The van der Waals surface area contributed by atoms with Crippen LogP contribution in [0.2, 0.25) is 0 Å². The van der Waals surface area contributed by atoms with E-state index in [-0.39, 0.29) is 0 Å². The predicted octanol–water partition coefficient (Wildman–Crippen LogP) is 4.52. The largest absolute Gasteiger partial charge is 0.508 e. The van der Waals surface area contributed by atoms with Crippen molar-refractivity contribution in [2.75, 3.05) is 0 Å². The van der Waals surface area contributed by atoms with Crippen LogP contribution in [0.25, 0.3) is 21.9 Å². The lowest BCUT2D eigenvalue weighted by molar-refractivity contribution is 0.475. The third-order valence-corrected chi connectivity index (χ3v) is 3.38. The van der Waals surface area contributed by atoms with Crippen LogP contribution in [-0.4, -0.2) is 5.11 Å². The summed E-state index contributed by atoms with van der Waals surface area (Å²) in [6.07, 6.45) is 0. The van der Waals surface area contributed by atoms with E-state index in [1.165, 1.54) is 21.9 Å². The van der Waals surface area contributed by atoms with E-state index in [4.69, 9.17) is 0 Å². The van der Waals surface area contributed by atoms with E-state index in [1.54, 1.807) is 12.1 Å². The third kappa shape index (κ3) is 1.74. The molecule has 88 valence electrons. The number of aromatic hydroxyl groups is 1. The summed E-state index contributed by atoms with van der Waals surface area (Å²) in [5.41, 5.74) is 3.63. The van der Waals surface area contributed by atoms with Gasteiger partial charge in [0.15, 0.2) is 0 Å². The zero-order valence-electron chi connectivity index (χ0n) is 10.2. The Labute approximate surface area is 106 Å². The molecule has 3 aromatic carbocycles. The van der Waals surface area contributed by atoms with Gasteiger partial charge in [0, 0.05) is 0 Å². The van der Waals surface area contributed by atoms with Crippen molar-refractivity contribution in [2.24, 2.45) is 0 Å². The van der Waals surface area contributed by atoms with E-state index in [1.807, 2.05) is 12.1 Å². The standard InChI is InChI=1S/C17H14O/c1-12-16-5-3-2-4-13(16)8-11-17(12)14-6-9-15(18)10-7-14/h2-11,18H,1H3. The van der Waals surface area contributed by atoms with Gasteiger partial charge in [-0.3, -0.25) is 0 Å². The first-order valence-corrected chi connectivity index (χ1v) is 6.03. The van der Waals surface area contributed by atoms with Crippen molar-refractivity contribution >= 4 is 10.8 Å². The molecule has 0 aliphatic heterocycles. The van der Waals surface area contributed by atoms with E-state index < -0.39 is 0 Å². The van der Waals surface area contributed by atoms with Crippen LogP contribution in [0, 0.1) is 6.92 Å². The van der Waals surface area contributed by atoms with Crippen molar-refractivity contribution < 1.29 is 5.11 Å². The topological polar surface area (TPSA) is 20.2 Å². The summed E-state index contributed by atoms with van der Waals surface area (Å²) in [5, 5.41) is 11.9. The highest BCUT2D eigenvalue weighted by atomic mass is 16.3. The molecule has 3 aromatic rings. The van der Waals surface area contributed by atoms with Gasteiger partial charge < -0.3 is 5.11 Å². The van der Waals surface area contributed by atoms with Gasteiger partial charge in [-0.1, -0.05) is 48.5 Å². The van der Waals surface area contributed by atoms with Crippen molar-refractivity contribution in [3.05, 3.63) is 66.2 Å². The highest BCUT2D eigenvalue weighted by Crippen LogP contribution is 2.30. The fourth-order valence-electron chi connectivity index (χ4n) is 2.38. The first kappa shape index (κ1) is 10.8. The van der Waals surface area contributed by atoms with Crippen molar-refractivity contribution in [3.63, 3.8) is 0 Å². The predicted molar refractivity (Wildman–Crippen MR) is 75.8 cm³/mol. The van der Waals surface area contributed by atoms with Gasteiger partial charge in [0.1, 0.15) is 5.75 Å². The van der Waals surface area contributed by atoms with Gasteiger partial charge in [-0.25, -0.2) is 0 Å². The van der Waals surface area contributed by atoms with Gasteiger partial charge in [-0.05, 0) is 46.5 Å². The Bertz CT molecular complexity index is 696. The SMILES string of the molecule is Cc1c(-c2ccc(O)cc2)ccc2ccccc12. The Kier molecular flexibility index (Phi) is 2.52. The second-order valence-electron chi connectivity index (χ2n) is 4.51. The molecule has 0 fully saturated rings. The number of rotatable bonds is 1. The van der Waals surface area contributed by atoms with Gasteiger partial charge in [-0.2, -0.15) is 0 Å². The number of hydrogen-bond donors (Lipinski definition) is 1. The van der Waals surface area contributed by atoms with Crippen LogP contribution in [0.5, 0.6) is 5.75 Å².